The predicted molar refractivity (Wildman–Crippen MR) is 133 cm³/mol. The van der Waals surface area contributed by atoms with E-state index in [0.717, 1.165) is 4.47 Å². The number of carbonyl (C=O) groups is 2. The van der Waals surface area contributed by atoms with Gasteiger partial charge in [-0.15, -0.1) is 0 Å². The fourth-order valence-electron chi connectivity index (χ4n) is 2.88. The van der Waals surface area contributed by atoms with Gasteiger partial charge in [0.05, 0.1) is 33.1 Å². The summed E-state index contributed by atoms with van der Waals surface area (Å²) in [5.74, 6) is 0.965. The molecule has 3 aromatic carbocycles. The van der Waals surface area contributed by atoms with Gasteiger partial charge >= 0.3 is 5.97 Å². The largest absolute Gasteiger partial charge is 0.493 e. The lowest BCUT2D eigenvalue weighted by Gasteiger charge is -2.13. The average Bonchev–Trinajstić information content (AvgIpc) is 2.88. The Kier molecular flexibility index (Phi) is 9.08. The van der Waals surface area contributed by atoms with Gasteiger partial charge in [0.25, 0.3) is 5.91 Å². The summed E-state index contributed by atoms with van der Waals surface area (Å²) in [6.07, 6.45) is 1.46. The zero-order valence-electron chi connectivity index (χ0n) is 19.2. The zero-order chi connectivity index (χ0) is 25.2. The first-order chi connectivity index (χ1) is 16.9. The normalized spacial score (nSPS) is 10.5. The molecule has 0 heterocycles. The fourth-order valence-corrected chi connectivity index (χ4v) is 3.14. The van der Waals surface area contributed by atoms with Crippen molar-refractivity contribution in [2.75, 3.05) is 27.9 Å². The van der Waals surface area contributed by atoms with Crippen LogP contribution in [0.25, 0.3) is 0 Å². The minimum atomic E-state index is -0.594. The Morgan fingerprint density at radius 2 is 1.49 bits per heavy atom. The SMILES string of the molecule is COc1cc(C(=O)Oc2ccc(C=NNC(=O)COc3ccc(Br)cc3)cc2)cc(OC)c1OC. The highest BCUT2D eigenvalue weighted by atomic mass is 79.9. The van der Waals surface area contributed by atoms with Crippen molar-refractivity contribution in [2.24, 2.45) is 5.10 Å². The number of nitrogens with one attached hydrogen (secondary N) is 1. The third-order valence-electron chi connectivity index (χ3n) is 4.58. The summed E-state index contributed by atoms with van der Waals surface area (Å²) < 4.78 is 27.5. The van der Waals surface area contributed by atoms with Gasteiger partial charge in [0.15, 0.2) is 18.1 Å². The third kappa shape index (κ3) is 7.21. The number of rotatable bonds is 10. The molecule has 1 N–H and O–H groups in total. The van der Waals surface area contributed by atoms with E-state index < -0.39 is 11.9 Å². The van der Waals surface area contributed by atoms with Crippen LogP contribution in [-0.2, 0) is 4.79 Å². The van der Waals surface area contributed by atoms with Crippen molar-refractivity contribution < 1.29 is 33.3 Å². The first-order valence-corrected chi connectivity index (χ1v) is 11.0. The lowest BCUT2D eigenvalue weighted by Crippen LogP contribution is -2.24. The molecule has 0 fully saturated rings. The van der Waals surface area contributed by atoms with E-state index in [0.29, 0.717) is 34.3 Å². The van der Waals surface area contributed by atoms with Crippen LogP contribution in [0.3, 0.4) is 0 Å². The topological polar surface area (TPSA) is 105 Å². The van der Waals surface area contributed by atoms with Crippen LogP contribution >= 0.6 is 15.9 Å². The van der Waals surface area contributed by atoms with Crippen molar-refractivity contribution in [2.45, 2.75) is 0 Å². The maximum absolute atomic E-state index is 12.6. The van der Waals surface area contributed by atoms with E-state index in [-0.39, 0.29) is 12.2 Å². The minimum absolute atomic E-state index is 0.172. The zero-order valence-corrected chi connectivity index (χ0v) is 20.8. The molecule has 1 amide bonds. The number of ether oxygens (including phenoxy) is 5. The van der Waals surface area contributed by atoms with E-state index in [9.17, 15) is 9.59 Å². The molecule has 0 radical (unpaired) electrons. The second-order valence-electron chi connectivity index (χ2n) is 6.91. The number of hydrazone groups is 1. The van der Waals surface area contributed by atoms with E-state index >= 15 is 0 Å². The van der Waals surface area contributed by atoms with Gasteiger partial charge in [-0.05, 0) is 66.2 Å². The molecule has 10 heteroatoms. The van der Waals surface area contributed by atoms with Gasteiger partial charge in [0, 0.05) is 4.47 Å². The van der Waals surface area contributed by atoms with Crippen molar-refractivity contribution in [3.05, 3.63) is 76.3 Å². The number of hydrogen-bond donors (Lipinski definition) is 1. The summed E-state index contributed by atoms with van der Waals surface area (Å²) in [6, 6.07) is 16.7. The first kappa shape index (κ1) is 25.6. The van der Waals surface area contributed by atoms with Gasteiger partial charge in [0.2, 0.25) is 5.75 Å². The molecule has 0 saturated heterocycles. The number of carbonyl (C=O) groups excluding carboxylic acids is 2. The van der Waals surface area contributed by atoms with E-state index in [4.69, 9.17) is 23.7 Å². The molecule has 0 aliphatic rings. The van der Waals surface area contributed by atoms with Crippen LogP contribution in [-0.4, -0.2) is 46.0 Å². The smallest absolute Gasteiger partial charge is 0.343 e. The van der Waals surface area contributed by atoms with E-state index in [1.54, 1.807) is 36.4 Å². The number of hydrogen-bond acceptors (Lipinski definition) is 8. The van der Waals surface area contributed by atoms with Gasteiger partial charge in [-0.25, -0.2) is 10.2 Å². The van der Waals surface area contributed by atoms with Gasteiger partial charge in [-0.1, -0.05) is 15.9 Å². The van der Waals surface area contributed by atoms with Crippen LogP contribution < -0.4 is 29.1 Å². The summed E-state index contributed by atoms with van der Waals surface area (Å²) in [5, 5.41) is 3.90. The van der Waals surface area contributed by atoms with E-state index in [2.05, 4.69) is 26.5 Å². The highest BCUT2D eigenvalue weighted by molar-refractivity contribution is 9.10. The Balaban J connectivity index is 1.54. The Morgan fingerprint density at radius 1 is 0.886 bits per heavy atom. The monoisotopic (exact) mass is 542 g/mol. The lowest BCUT2D eigenvalue weighted by atomic mass is 10.2. The van der Waals surface area contributed by atoms with Crippen molar-refractivity contribution >= 4 is 34.0 Å². The Morgan fingerprint density at radius 3 is 2.06 bits per heavy atom. The van der Waals surface area contributed by atoms with Crippen LogP contribution in [0, 0.1) is 0 Å². The molecule has 0 spiro atoms. The van der Waals surface area contributed by atoms with Crippen molar-refractivity contribution in [3.63, 3.8) is 0 Å². The Labute approximate surface area is 210 Å². The molecule has 0 bridgehead atoms. The molecule has 0 unspecified atom stereocenters. The molecule has 0 atom stereocenters. The minimum Gasteiger partial charge on any atom is -0.493 e. The van der Waals surface area contributed by atoms with E-state index in [1.165, 1.54) is 39.7 Å². The molecular formula is C25H23BrN2O7. The molecule has 0 aromatic heterocycles. The number of amides is 1. The number of methoxy groups -OCH3 is 3. The molecule has 182 valence electrons. The second-order valence-corrected chi connectivity index (χ2v) is 7.82. The summed E-state index contributed by atoms with van der Waals surface area (Å²) >= 11 is 3.33. The maximum Gasteiger partial charge on any atom is 0.343 e. The third-order valence-corrected chi connectivity index (χ3v) is 5.11. The number of halogens is 1. The molecule has 9 nitrogen and oxygen atoms in total. The van der Waals surface area contributed by atoms with Crippen LogP contribution in [0.15, 0.2) is 70.2 Å². The summed E-state index contributed by atoms with van der Waals surface area (Å²) in [4.78, 5) is 24.5. The van der Waals surface area contributed by atoms with Crippen LogP contribution in [0.5, 0.6) is 28.7 Å². The molecular weight excluding hydrogens is 520 g/mol. The van der Waals surface area contributed by atoms with Crippen molar-refractivity contribution in [3.8, 4) is 28.7 Å². The number of esters is 1. The fraction of sp³-hybridized carbons (Fsp3) is 0.160. The molecule has 35 heavy (non-hydrogen) atoms. The second kappa shape index (κ2) is 12.4. The number of benzene rings is 3. The average molecular weight is 543 g/mol. The maximum atomic E-state index is 12.6. The summed E-state index contributed by atoms with van der Waals surface area (Å²) in [5.41, 5.74) is 3.31. The predicted octanol–water partition coefficient (Wildman–Crippen LogP) is 4.22. The van der Waals surface area contributed by atoms with Crippen molar-refractivity contribution in [1.82, 2.24) is 5.43 Å². The quantitative estimate of drug-likeness (QED) is 0.177. The highest BCUT2D eigenvalue weighted by Gasteiger charge is 2.18. The van der Waals surface area contributed by atoms with Gasteiger partial charge < -0.3 is 23.7 Å². The molecule has 3 aromatic rings. The van der Waals surface area contributed by atoms with Crippen LogP contribution in [0.1, 0.15) is 15.9 Å². The molecule has 0 saturated carbocycles. The first-order valence-electron chi connectivity index (χ1n) is 10.3. The van der Waals surface area contributed by atoms with Gasteiger partial charge in [0.1, 0.15) is 11.5 Å². The van der Waals surface area contributed by atoms with Gasteiger partial charge in [-0.3, -0.25) is 4.79 Å². The van der Waals surface area contributed by atoms with E-state index in [1.807, 2.05) is 12.1 Å². The van der Waals surface area contributed by atoms with Crippen LogP contribution in [0.2, 0.25) is 0 Å². The Hall–Kier alpha value is -4.05. The molecule has 0 aliphatic carbocycles. The van der Waals surface area contributed by atoms with Crippen LogP contribution in [0.4, 0.5) is 0 Å². The Bertz CT molecular complexity index is 1170. The van der Waals surface area contributed by atoms with Crippen molar-refractivity contribution in [1.29, 1.82) is 0 Å². The summed E-state index contributed by atoms with van der Waals surface area (Å²) in [6.45, 7) is -0.172. The highest BCUT2D eigenvalue weighted by Crippen LogP contribution is 2.38. The number of nitrogens with zero attached hydrogens (tertiary/aromatic N) is 1. The molecule has 0 aliphatic heterocycles. The standard InChI is InChI=1S/C25H23BrN2O7/c1-31-21-12-17(13-22(32-2)24(21)33-3)25(30)35-20-8-4-16(5-9-20)14-27-28-23(29)15-34-19-10-6-18(26)7-11-19/h4-14H,15H2,1-3H3,(H,28,29). The van der Waals surface area contributed by atoms with Gasteiger partial charge in [-0.2, -0.15) is 5.10 Å². The molecule has 3 rings (SSSR count). The summed E-state index contributed by atoms with van der Waals surface area (Å²) in [7, 11) is 4.40. The lowest BCUT2D eigenvalue weighted by molar-refractivity contribution is -0.123.